The summed E-state index contributed by atoms with van der Waals surface area (Å²) in [5.41, 5.74) is 0.605. The summed E-state index contributed by atoms with van der Waals surface area (Å²) in [6.07, 6.45) is 1.35. The fourth-order valence-corrected chi connectivity index (χ4v) is 0.928. The summed E-state index contributed by atoms with van der Waals surface area (Å²) in [5, 5.41) is 8.48. The van der Waals surface area contributed by atoms with E-state index in [0.29, 0.717) is 5.56 Å². The van der Waals surface area contributed by atoms with E-state index in [1.807, 2.05) is 0 Å². The summed E-state index contributed by atoms with van der Waals surface area (Å²) in [6, 6.07) is 5.48. The highest BCUT2D eigenvalue weighted by Crippen LogP contribution is 2.10. The molecule has 0 spiro atoms. The molecule has 2 nitrogen and oxygen atoms in total. The normalized spacial score (nSPS) is 11.4. The van der Waals surface area contributed by atoms with Gasteiger partial charge in [0.1, 0.15) is 5.82 Å². The third-order valence-corrected chi connectivity index (χ3v) is 1.71. The van der Waals surface area contributed by atoms with Gasteiger partial charge in [-0.3, -0.25) is 0 Å². The van der Waals surface area contributed by atoms with Gasteiger partial charge < -0.3 is 5.11 Å². The van der Waals surface area contributed by atoms with Crippen molar-refractivity contribution >= 4 is 24.7 Å². The van der Waals surface area contributed by atoms with Gasteiger partial charge >= 0.3 is 5.97 Å². The van der Waals surface area contributed by atoms with E-state index in [1.165, 1.54) is 30.3 Å². The molecule has 0 aliphatic rings. The lowest BCUT2D eigenvalue weighted by atomic mass is 10.2. The van der Waals surface area contributed by atoms with Gasteiger partial charge in [0.05, 0.1) is 4.91 Å². The van der Waals surface area contributed by atoms with Crippen LogP contribution in [0.3, 0.4) is 0 Å². The molecular formula is C9H7FO2S. The van der Waals surface area contributed by atoms with Gasteiger partial charge in [-0.1, -0.05) is 12.1 Å². The number of benzene rings is 1. The molecule has 0 amide bonds. The lowest BCUT2D eigenvalue weighted by molar-refractivity contribution is -0.131. The van der Waals surface area contributed by atoms with Crippen LogP contribution in [-0.4, -0.2) is 11.1 Å². The minimum Gasteiger partial charge on any atom is -0.477 e. The molecule has 0 bridgehead atoms. The first-order chi connectivity index (χ1) is 6.09. The van der Waals surface area contributed by atoms with Gasteiger partial charge in [0, 0.05) is 0 Å². The summed E-state index contributed by atoms with van der Waals surface area (Å²) in [5.74, 6) is -1.46. The van der Waals surface area contributed by atoms with Crippen molar-refractivity contribution in [1.82, 2.24) is 0 Å². The van der Waals surface area contributed by atoms with Gasteiger partial charge in [0.15, 0.2) is 0 Å². The number of hydrogen-bond donors (Lipinski definition) is 2. The molecule has 1 aromatic carbocycles. The second-order valence-corrected chi connectivity index (χ2v) is 2.87. The molecule has 13 heavy (non-hydrogen) atoms. The van der Waals surface area contributed by atoms with Crippen molar-refractivity contribution in [1.29, 1.82) is 0 Å². The Bertz CT molecular complexity index is 343. The molecule has 4 heteroatoms. The first-order valence-corrected chi connectivity index (χ1v) is 3.94. The van der Waals surface area contributed by atoms with Crippen molar-refractivity contribution in [2.24, 2.45) is 0 Å². The van der Waals surface area contributed by atoms with Gasteiger partial charge in [0.25, 0.3) is 0 Å². The van der Waals surface area contributed by atoms with E-state index in [-0.39, 0.29) is 10.7 Å². The summed E-state index contributed by atoms with van der Waals surface area (Å²) in [6.45, 7) is 0. The van der Waals surface area contributed by atoms with Crippen LogP contribution in [0.25, 0.3) is 6.08 Å². The lowest BCUT2D eigenvalue weighted by Crippen LogP contribution is -1.93. The van der Waals surface area contributed by atoms with Gasteiger partial charge in [-0.2, -0.15) is 0 Å². The minimum atomic E-state index is -1.10. The Morgan fingerprint density at radius 1 is 1.38 bits per heavy atom. The number of carbonyl (C=O) groups is 1. The first kappa shape index (κ1) is 9.80. The molecule has 0 atom stereocenters. The molecule has 0 aromatic heterocycles. The van der Waals surface area contributed by atoms with E-state index < -0.39 is 5.97 Å². The fourth-order valence-electron chi connectivity index (χ4n) is 0.779. The summed E-state index contributed by atoms with van der Waals surface area (Å²) in [7, 11) is 0. The maximum Gasteiger partial charge on any atom is 0.341 e. The zero-order valence-electron chi connectivity index (χ0n) is 6.57. The minimum absolute atomic E-state index is 0.0772. The SMILES string of the molecule is O=C(O)/C(S)=C/c1ccc(F)cc1. The van der Waals surface area contributed by atoms with E-state index in [2.05, 4.69) is 12.6 Å². The molecule has 0 saturated carbocycles. The topological polar surface area (TPSA) is 37.3 Å². The van der Waals surface area contributed by atoms with Crippen LogP contribution in [-0.2, 0) is 4.79 Å². The quantitative estimate of drug-likeness (QED) is 0.564. The van der Waals surface area contributed by atoms with Crippen LogP contribution in [0.2, 0.25) is 0 Å². The van der Waals surface area contributed by atoms with E-state index in [4.69, 9.17) is 5.11 Å². The van der Waals surface area contributed by atoms with Crippen molar-refractivity contribution in [3.05, 3.63) is 40.6 Å². The molecule has 68 valence electrons. The van der Waals surface area contributed by atoms with E-state index in [1.54, 1.807) is 0 Å². The molecular weight excluding hydrogens is 191 g/mol. The van der Waals surface area contributed by atoms with Gasteiger partial charge in [-0.25, -0.2) is 9.18 Å². The number of aliphatic carboxylic acids is 1. The third kappa shape index (κ3) is 2.91. The van der Waals surface area contributed by atoms with Crippen LogP contribution in [0.15, 0.2) is 29.2 Å². The number of carboxylic acids is 1. The average Bonchev–Trinajstić information content (AvgIpc) is 2.08. The van der Waals surface area contributed by atoms with Crippen LogP contribution >= 0.6 is 12.6 Å². The monoisotopic (exact) mass is 198 g/mol. The summed E-state index contributed by atoms with van der Waals surface area (Å²) >= 11 is 3.73. The predicted molar refractivity (Wildman–Crippen MR) is 51.0 cm³/mol. The standard InChI is InChI=1S/C9H7FO2S/c10-7-3-1-6(2-4-7)5-8(13)9(11)12/h1-5,13H,(H,11,12)/b8-5-. The third-order valence-electron chi connectivity index (χ3n) is 1.39. The molecule has 0 unspecified atom stereocenters. The molecule has 1 rings (SSSR count). The van der Waals surface area contributed by atoms with E-state index in [0.717, 1.165) is 0 Å². The Kier molecular flexibility index (Phi) is 3.08. The lowest BCUT2D eigenvalue weighted by Gasteiger charge is -1.94. The Morgan fingerprint density at radius 3 is 2.38 bits per heavy atom. The van der Waals surface area contributed by atoms with Crippen LogP contribution < -0.4 is 0 Å². The molecule has 0 heterocycles. The van der Waals surface area contributed by atoms with Crippen LogP contribution in [0.4, 0.5) is 4.39 Å². The Morgan fingerprint density at radius 2 is 1.92 bits per heavy atom. The molecule has 1 N–H and O–H groups in total. The van der Waals surface area contributed by atoms with Crippen molar-refractivity contribution in [2.75, 3.05) is 0 Å². The van der Waals surface area contributed by atoms with Crippen LogP contribution in [0, 0.1) is 5.82 Å². The van der Waals surface area contributed by atoms with Crippen LogP contribution in [0.1, 0.15) is 5.56 Å². The highest BCUT2D eigenvalue weighted by atomic mass is 32.1. The van der Waals surface area contributed by atoms with Crippen molar-refractivity contribution in [3.8, 4) is 0 Å². The van der Waals surface area contributed by atoms with Crippen molar-refractivity contribution in [3.63, 3.8) is 0 Å². The second kappa shape index (κ2) is 4.09. The summed E-state index contributed by atoms with van der Waals surface area (Å²) < 4.78 is 12.4. The van der Waals surface area contributed by atoms with Crippen molar-refractivity contribution in [2.45, 2.75) is 0 Å². The smallest absolute Gasteiger partial charge is 0.341 e. The average molecular weight is 198 g/mol. The Labute approximate surface area is 80.1 Å². The largest absolute Gasteiger partial charge is 0.477 e. The number of hydrogen-bond acceptors (Lipinski definition) is 2. The molecule has 0 saturated heterocycles. The predicted octanol–water partition coefficient (Wildman–Crippen LogP) is 2.18. The molecule has 1 aromatic rings. The van der Waals surface area contributed by atoms with E-state index >= 15 is 0 Å². The molecule has 0 aliphatic heterocycles. The number of carboxylic acid groups (broad SMARTS) is 1. The number of halogens is 1. The van der Waals surface area contributed by atoms with Gasteiger partial charge in [-0.15, -0.1) is 12.6 Å². The highest BCUT2D eigenvalue weighted by Gasteiger charge is 2.00. The van der Waals surface area contributed by atoms with E-state index in [9.17, 15) is 9.18 Å². The zero-order chi connectivity index (χ0) is 9.84. The van der Waals surface area contributed by atoms with Gasteiger partial charge in [0.2, 0.25) is 0 Å². The van der Waals surface area contributed by atoms with Crippen molar-refractivity contribution < 1.29 is 14.3 Å². The Hall–Kier alpha value is -1.29. The molecule has 0 radical (unpaired) electrons. The highest BCUT2D eigenvalue weighted by molar-refractivity contribution is 7.85. The Balaban J connectivity index is 2.92. The zero-order valence-corrected chi connectivity index (χ0v) is 7.46. The fraction of sp³-hybridized carbons (Fsp3) is 0. The summed E-state index contributed by atoms with van der Waals surface area (Å²) in [4.78, 5) is 10.3. The maximum atomic E-state index is 12.4. The molecule has 0 aliphatic carbocycles. The first-order valence-electron chi connectivity index (χ1n) is 3.49. The van der Waals surface area contributed by atoms with Gasteiger partial charge in [-0.05, 0) is 23.8 Å². The number of thiol groups is 1. The number of rotatable bonds is 2. The maximum absolute atomic E-state index is 12.4. The molecule has 0 fully saturated rings. The van der Waals surface area contributed by atoms with Crippen LogP contribution in [0.5, 0.6) is 0 Å². The second-order valence-electron chi connectivity index (χ2n) is 2.39.